The molecule has 4 nitrogen and oxygen atoms in total. The SMILES string of the molecule is O=C(Cc1ccon1)Nc1cc(C(F)(F)F)ccc1Cl. The fourth-order valence-corrected chi connectivity index (χ4v) is 1.65. The minimum atomic E-state index is -4.50. The van der Waals surface area contributed by atoms with E-state index in [2.05, 4.69) is 15.0 Å². The molecule has 0 unspecified atom stereocenters. The van der Waals surface area contributed by atoms with Gasteiger partial charge in [0.25, 0.3) is 0 Å². The van der Waals surface area contributed by atoms with Crippen LogP contribution in [0, 0.1) is 0 Å². The predicted octanol–water partition coefficient (Wildman–Crippen LogP) is 3.53. The first-order valence-corrected chi connectivity index (χ1v) is 5.80. The average Bonchev–Trinajstić information content (AvgIpc) is 2.83. The van der Waals surface area contributed by atoms with Gasteiger partial charge in [0.2, 0.25) is 5.91 Å². The normalized spacial score (nSPS) is 11.4. The number of hydrogen-bond donors (Lipinski definition) is 1. The summed E-state index contributed by atoms with van der Waals surface area (Å²) in [7, 11) is 0. The van der Waals surface area contributed by atoms with Crippen LogP contribution in [0.5, 0.6) is 0 Å². The number of halogens is 4. The van der Waals surface area contributed by atoms with Crippen molar-refractivity contribution in [2.75, 3.05) is 5.32 Å². The van der Waals surface area contributed by atoms with Gasteiger partial charge >= 0.3 is 6.18 Å². The Morgan fingerprint density at radius 3 is 2.70 bits per heavy atom. The quantitative estimate of drug-likeness (QED) is 0.944. The standard InChI is InChI=1S/C12H8ClF3N2O2/c13-9-2-1-7(12(14,15)16)5-10(9)17-11(19)6-8-3-4-20-18-8/h1-5H,6H2,(H,17,19). The molecule has 0 bridgehead atoms. The van der Waals surface area contributed by atoms with E-state index in [0.717, 1.165) is 18.2 Å². The topological polar surface area (TPSA) is 55.1 Å². The van der Waals surface area contributed by atoms with E-state index in [1.165, 1.54) is 12.3 Å². The lowest BCUT2D eigenvalue weighted by atomic mass is 10.2. The Morgan fingerprint density at radius 2 is 2.10 bits per heavy atom. The molecule has 1 aromatic heterocycles. The molecule has 0 aliphatic carbocycles. The van der Waals surface area contributed by atoms with Crippen molar-refractivity contribution in [3.05, 3.63) is 46.8 Å². The number of benzene rings is 1. The number of rotatable bonds is 3. The van der Waals surface area contributed by atoms with E-state index in [4.69, 9.17) is 11.6 Å². The van der Waals surface area contributed by atoms with E-state index < -0.39 is 17.6 Å². The van der Waals surface area contributed by atoms with Gasteiger partial charge in [-0.2, -0.15) is 13.2 Å². The number of carbonyl (C=O) groups is 1. The van der Waals surface area contributed by atoms with Gasteiger partial charge in [-0.3, -0.25) is 4.79 Å². The summed E-state index contributed by atoms with van der Waals surface area (Å²) in [6.45, 7) is 0. The van der Waals surface area contributed by atoms with Gasteiger partial charge in [-0.1, -0.05) is 16.8 Å². The van der Waals surface area contributed by atoms with Crippen molar-refractivity contribution in [3.8, 4) is 0 Å². The number of amides is 1. The maximum Gasteiger partial charge on any atom is 0.416 e. The molecule has 0 saturated carbocycles. The lowest BCUT2D eigenvalue weighted by Gasteiger charge is -2.11. The highest BCUT2D eigenvalue weighted by atomic mass is 35.5. The van der Waals surface area contributed by atoms with Gasteiger partial charge in [0, 0.05) is 6.07 Å². The first-order valence-electron chi connectivity index (χ1n) is 5.42. The third kappa shape index (κ3) is 3.51. The second kappa shape index (κ2) is 5.54. The Bertz CT molecular complexity index is 612. The molecule has 0 atom stereocenters. The van der Waals surface area contributed by atoms with Crippen LogP contribution in [-0.4, -0.2) is 11.1 Å². The first-order chi connectivity index (χ1) is 9.36. The number of hydrogen-bond acceptors (Lipinski definition) is 3. The number of anilines is 1. The maximum absolute atomic E-state index is 12.6. The number of aromatic nitrogens is 1. The van der Waals surface area contributed by atoms with Crippen molar-refractivity contribution in [1.29, 1.82) is 0 Å². The Morgan fingerprint density at radius 1 is 1.35 bits per heavy atom. The zero-order chi connectivity index (χ0) is 14.8. The van der Waals surface area contributed by atoms with Gasteiger partial charge < -0.3 is 9.84 Å². The highest BCUT2D eigenvalue weighted by Gasteiger charge is 2.31. The van der Waals surface area contributed by atoms with Gasteiger partial charge in [0.05, 0.1) is 28.4 Å². The van der Waals surface area contributed by atoms with Crippen LogP contribution in [-0.2, 0) is 17.4 Å². The summed E-state index contributed by atoms with van der Waals surface area (Å²) in [5, 5.41) is 5.86. The second-order valence-corrected chi connectivity index (χ2v) is 4.32. The van der Waals surface area contributed by atoms with Crippen LogP contribution in [0.4, 0.5) is 18.9 Å². The largest absolute Gasteiger partial charge is 0.416 e. The third-order valence-electron chi connectivity index (χ3n) is 2.40. The van der Waals surface area contributed by atoms with Crippen LogP contribution in [0.3, 0.4) is 0 Å². The highest BCUT2D eigenvalue weighted by Crippen LogP contribution is 2.33. The molecule has 2 aromatic rings. The van der Waals surface area contributed by atoms with Crippen LogP contribution < -0.4 is 5.32 Å². The van der Waals surface area contributed by atoms with E-state index in [0.29, 0.717) is 5.69 Å². The molecule has 0 spiro atoms. The van der Waals surface area contributed by atoms with E-state index >= 15 is 0 Å². The molecule has 106 valence electrons. The third-order valence-corrected chi connectivity index (χ3v) is 2.73. The molecule has 8 heteroatoms. The fourth-order valence-electron chi connectivity index (χ4n) is 1.49. The van der Waals surface area contributed by atoms with Gasteiger partial charge in [0.1, 0.15) is 6.26 Å². The Balaban J connectivity index is 2.14. The Kier molecular flexibility index (Phi) is 3.99. The van der Waals surface area contributed by atoms with E-state index in [1.807, 2.05) is 0 Å². The molecule has 1 N–H and O–H groups in total. The summed E-state index contributed by atoms with van der Waals surface area (Å²) in [6.07, 6.45) is -3.33. The van der Waals surface area contributed by atoms with Crippen LogP contribution in [0.2, 0.25) is 5.02 Å². The van der Waals surface area contributed by atoms with Crippen LogP contribution in [0.1, 0.15) is 11.3 Å². The summed E-state index contributed by atoms with van der Waals surface area (Å²) in [4.78, 5) is 11.7. The molecule has 0 aliphatic heterocycles. The highest BCUT2D eigenvalue weighted by molar-refractivity contribution is 6.33. The molecule has 0 radical (unpaired) electrons. The number of nitrogens with zero attached hydrogens (tertiary/aromatic N) is 1. The molecule has 0 aliphatic rings. The zero-order valence-electron chi connectivity index (χ0n) is 9.87. The second-order valence-electron chi connectivity index (χ2n) is 3.91. The van der Waals surface area contributed by atoms with Crippen molar-refractivity contribution in [2.45, 2.75) is 12.6 Å². The molecule has 1 aromatic carbocycles. The minimum absolute atomic E-state index is 0.0199. The number of alkyl halides is 3. The smallest absolute Gasteiger partial charge is 0.364 e. The number of carbonyl (C=O) groups excluding carboxylic acids is 1. The van der Waals surface area contributed by atoms with Crippen LogP contribution in [0.15, 0.2) is 35.1 Å². The van der Waals surface area contributed by atoms with Crippen molar-refractivity contribution in [1.82, 2.24) is 5.16 Å². The van der Waals surface area contributed by atoms with E-state index in [9.17, 15) is 18.0 Å². The van der Waals surface area contributed by atoms with E-state index in [-0.39, 0.29) is 17.1 Å². The van der Waals surface area contributed by atoms with Gasteiger partial charge in [-0.15, -0.1) is 0 Å². The monoisotopic (exact) mass is 304 g/mol. The summed E-state index contributed by atoms with van der Waals surface area (Å²) < 4.78 is 42.2. The molecule has 1 heterocycles. The molecular weight excluding hydrogens is 297 g/mol. The van der Waals surface area contributed by atoms with Crippen molar-refractivity contribution in [2.24, 2.45) is 0 Å². The van der Waals surface area contributed by atoms with Crippen molar-refractivity contribution in [3.63, 3.8) is 0 Å². The summed E-state index contributed by atoms with van der Waals surface area (Å²) >= 11 is 5.76. The lowest BCUT2D eigenvalue weighted by molar-refractivity contribution is -0.137. The fraction of sp³-hybridized carbons (Fsp3) is 0.167. The van der Waals surface area contributed by atoms with Gasteiger partial charge in [-0.05, 0) is 18.2 Å². The lowest BCUT2D eigenvalue weighted by Crippen LogP contribution is -2.15. The van der Waals surface area contributed by atoms with Crippen molar-refractivity contribution < 1.29 is 22.5 Å². The summed E-state index contributed by atoms with van der Waals surface area (Å²) in [5.41, 5.74) is -0.626. The van der Waals surface area contributed by atoms with Gasteiger partial charge in [0.15, 0.2) is 0 Å². The molecule has 20 heavy (non-hydrogen) atoms. The van der Waals surface area contributed by atoms with Gasteiger partial charge in [-0.25, -0.2) is 0 Å². The predicted molar refractivity (Wildman–Crippen MR) is 65.3 cm³/mol. The Hall–Kier alpha value is -2.02. The maximum atomic E-state index is 12.6. The molecule has 1 amide bonds. The molecular formula is C12H8ClF3N2O2. The summed E-state index contributed by atoms with van der Waals surface area (Å²) in [5.74, 6) is -0.542. The molecule has 2 rings (SSSR count). The number of nitrogens with one attached hydrogen (secondary N) is 1. The summed E-state index contributed by atoms with van der Waals surface area (Å²) in [6, 6.07) is 4.18. The first kappa shape index (κ1) is 14.4. The minimum Gasteiger partial charge on any atom is -0.364 e. The average molecular weight is 305 g/mol. The Labute approximate surface area is 116 Å². The molecule has 0 fully saturated rings. The molecule has 0 saturated heterocycles. The zero-order valence-corrected chi connectivity index (χ0v) is 10.6. The van der Waals surface area contributed by atoms with Crippen molar-refractivity contribution >= 4 is 23.2 Å². The van der Waals surface area contributed by atoms with Crippen LogP contribution in [0.25, 0.3) is 0 Å². The van der Waals surface area contributed by atoms with Crippen LogP contribution >= 0.6 is 11.6 Å². The van der Waals surface area contributed by atoms with E-state index in [1.54, 1.807) is 0 Å².